The average molecular weight is 326 g/mol. The largest absolute Gasteiger partial charge is 0.495 e. The highest BCUT2D eigenvalue weighted by Crippen LogP contribution is 2.31. The van der Waals surface area contributed by atoms with Crippen molar-refractivity contribution in [3.63, 3.8) is 0 Å². The first-order valence-corrected chi connectivity index (χ1v) is 6.63. The van der Waals surface area contributed by atoms with Gasteiger partial charge in [-0.1, -0.05) is 11.6 Å². The first-order chi connectivity index (χ1) is 10.5. The van der Waals surface area contributed by atoms with E-state index in [2.05, 4.69) is 15.6 Å². The third-order valence-corrected chi connectivity index (χ3v) is 3.54. The maximum absolute atomic E-state index is 13.3. The van der Waals surface area contributed by atoms with Gasteiger partial charge in [-0.05, 0) is 6.07 Å². The molecule has 1 amide bonds. The van der Waals surface area contributed by atoms with E-state index in [1.807, 2.05) is 0 Å². The number of carbonyl (C=O) groups is 1. The van der Waals surface area contributed by atoms with Crippen LogP contribution in [-0.2, 0) is 0 Å². The maximum Gasteiger partial charge on any atom is 0.255 e. The third kappa shape index (κ3) is 2.43. The number of hydrogen-bond acceptors (Lipinski definition) is 4. The van der Waals surface area contributed by atoms with Crippen molar-refractivity contribution < 1.29 is 18.3 Å². The highest BCUT2D eigenvalue weighted by atomic mass is 35.5. The van der Waals surface area contributed by atoms with Crippen LogP contribution in [0.4, 0.5) is 14.5 Å². The molecule has 0 saturated heterocycles. The van der Waals surface area contributed by atoms with Crippen molar-refractivity contribution in [3.8, 4) is 5.75 Å². The lowest BCUT2D eigenvalue weighted by Gasteiger charge is -2.28. The summed E-state index contributed by atoms with van der Waals surface area (Å²) in [6, 6.07) is 3.30. The molecule has 0 spiro atoms. The molecule has 0 aliphatic carbocycles. The van der Waals surface area contributed by atoms with Crippen molar-refractivity contribution >= 4 is 23.2 Å². The van der Waals surface area contributed by atoms with Crippen LogP contribution in [0.15, 0.2) is 24.4 Å². The Morgan fingerprint density at radius 1 is 1.23 bits per heavy atom. The average Bonchev–Trinajstić information content (AvgIpc) is 2.49. The quantitative estimate of drug-likeness (QED) is 0.891. The van der Waals surface area contributed by atoms with Gasteiger partial charge in [-0.25, -0.2) is 8.78 Å². The van der Waals surface area contributed by atoms with E-state index in [1.54, 1.807) is 6.07 Å². The number of aromatic nitrogens is 1. The predicted molar refractivity (Wildman–Crippen MR) is 76.0 cm³/mol. The summed E-state index contributed by atoms with van der Waals surface area (Å²) in [5.74, 6) is -2.22. The summed E-state index contributed by atoms with van der Waals surface area (Å²) in [5.41, 5.74) is 0.521. The molecule has 1 aromatic carbocycles. The van der Waals surface area contributed by atoms with Gasteiger partial charge in [0.05, 0.1) is 29.6 Å². The number of carbonyl (C=O) groups excluding carboxylic acids is 1. The number of ether oxygens (including phenoxy) is 1. The van der Waals surface area contributed by atoms with E-state index in [0.717, 1.165) is 12.1 Å². The number of nitrogens with zero attached hydrogens (tertiary/aromatic N) is 1. The van der Waals surface area contributed by atoms with Gasteiger partial charge in [-0.2, -0.15) is 0 Å². The molecule has 1 atom stereocenters. The van der Waals surface area contributed by atoms with E-state index in [9.17, 15) is 13.6 Å². The molecule has 0 fully saturated rings. The van der Waals surface area contributed by atoms with Crippen LogP contribution in [0.25, 0.3) is 0 Å². The Morgan fingerprint density at radius 2 is 1.95 bits per heavy atom. The minimum absolute atomic E-state index is 0.0137. The molecule has 1 aliphatic heterocycles. The fraction of sp³-hybridized carbons (Fsp3) is 0.143. The van der Waals surface area contributed by atoms with Crippen LogP contribution >= 0.6 is 11.6 Å². The van der Waals surface area contributed by atoms with Crippen LogP contribution < -0.4 is 15.4 Å². The fourth-order valence-electron chi connectivity index (χ4n) is 2.15. The van der Waals surface area contributed by atoms with Crippen molar-refractivity contribution in [1.29, 1.82) is 0 Å². The summed E-state index contributed by atoms with van der Waals surface area (Å²) in [5, 5.41) is 5.72. The molecule has 0 saturated carbocycles. The van der Waals surface area contributed by atoms with Crippen molar-refractivity contribution in [1.82, 2.24) is 10.3 Å². The van der Waals surface area contributed by atoms with Gasteiger partial charge in [0.1, 0.15) is 17.6 Å². The molecule has 8 heteroatoms. The van der Waals surface area contributed by atoms with E-state index < -0.39 is 23.7 Å². The molecule has 114 valence electrons. The molecule has 0 bridgehead atoms. The van der Waals surface area contributed by atoms with Crippen LogP contribution in [0.5, 0.6) is 5.75 Å². The van der Waals surface area contributed by atoms with E-state index in [1.165, 1.54) is 13.3 Å². The molecule has 3 rings (SSSR count). The Hall–Kier alpha value is -2.41. The van der Waals surface area contributed by atoms with Gasteiger partial charge in [-0.15, -0.1) is 0 Å². The van der Waals surface area contributed by atoms with E-state index in [4.69, 9.17) is 16.3 Å². The first-order valence-electron chi connectivity index (χ1n) is 6.25. The van der Waals surface area contributed by atoms with Crippen molar-refractivity contribution in [3.05, 3.63) is 52.3 Å². The lowest BCUT2D eigenvalue weighted by atomic mass is 10.1. The van der Waals surface area contributed by atoms with Crippen LogP contribution in [0, 0.1) is 11.6 Å². The molecule has 22 heavy (non-hydrogen) atoms. The highest BCUT2D eigenvalue weighted by Gasteiger charge is 2.28. The maximum atomic E-state index is 13.3. The summed E-state index contributed by atoms with van der Waals surface area (Å²) in [6.07, 6.45) is 0.679. The summed E-state index contributed by atoms with van der Waals surface area (Å²) >= 11 is 6.10. The number of methoxy groups -OCH3 is 1. The summed E-state index contributed by atoms with van der Waals surface area (Å²) in [6.45, 7) is 0. The molecule has 0 radical (unpaired) electrons. The molecule has 5 nitrogen and oxygen atoms in total. The highest BCUT2D eigenvalue weighted by molar-refractivity contribution is 6.31. The van der Waals surface area contributed by atoms with Gasteiger partial charge in [0.25, 0.3) is 5.91 Å². The number of rotatable bonds is 2. The number of nitrogens with one attached hydrogen (secondary N) is 2. The number of amides is 1. The number of anilines is 1. The predicted octanol–water partition coefficient (Wildman–Crippen LogP) is 2.88. The third-order valence-electron chi connectivity index (χ3n) is 3.23. The van der Waals surface area contributed by atoms with Gasteiger partial charge >= 0.3 is 0 Å². The zero-order valence-electron chi connectivity index (χ0n) is 11.3. The Bertz CT molecular complexity index is 770. The summed E-state index contributed by atoms with van der Waals surface area (Å²) < 4.78 is 31.6. The second-order valence-electron chi connectivity index (χ2n) is 4.60. The molecule has 1 aliphatic rings. The number of halogens is 3. The number of benzene rings is 1. The standard InChI is InChI=1S/C14H10ClF2N3O2/c1-22-6-2-8(15)12(18-5-6)13-19-11-4-10(17)9(16)3-7(11)14(21)20-13/h2-5,13,19H,1H3,(H,20,21). The lowest BCUT2D eigenvalue weighted by Crippen LogP contribution is -2.39. The van der Waals surface area contributed by atoms with E-state index >= 15 is 0 Å². The lowest BCUT2D eigenvalue weighted by molar-refractivity contribution is 0.0934. The van der Waals surface area contributed by atoms with Crippen LogP contribution in [0.1, 0.15) is 22.2 Å². The monoisotopic (exact) mass is 325 g/mol. The zero-order valence-corrected chi connectivity index (χ0v) is 12.0. The van der Waals surface area contributed by atoms with Gasteiger partial charge in [-0.3, -0.25) is 9.78 Å². The van der Waals surface area contributed by atoms with Gasteiger partial charge in [0.2, 0.25) is 0 Å². The Morgan fingerprint density at radius 3 is 2.64 bits per heavy atom. The minimum Gasteiger partial charge on any atom is -0.495 e. The topological polar surface area (TPSA) is 63.2 Å². The number of fused-ring (bicyclic) bond motifs is 1. The second-order valence-corrected chi connectivity index (χ2v) is 5.01. The van der Waals surface area contributed by atoms with Crippen molar-refractivity contribution in [2.75, 3.05) is 12.4 Å². The number of hydrogen-bond donors (Lipinski definition) is 2. The van der Waals surface area contributed by atoms with Gasteiger partial charge in [0.15, 0.2) is 11.6 Å². The molecule has 2 N–H and O–H groups in total. The van der Waals surface area contributed by atoms with Crippen LogP contribution in [-0.4, -0.2) is 18.0 Å². The summed E-state index contributed by atoms with van der Waals surface area (Å²) in [7, 11) is 1.47. The molecule has 2 heterocycles. The van der Waals surface area contributed by atoms with Crippen molar-refractivity contribution in [2.24, 2.45) is 0 Å². The Labute approximate surface area is 129 Å². The molecular weight excluding hydrogens is 316 g/mol. The second kappa shape index (κ2) is 5.42. The SMILES string of the molecule is COc1cnc(C2NC(=O)c3cc(F)c(F)cc3N2)c(Cl)c1. The van der Waals surface area contributed by atoms with Gasteiger partial charge in [0, 0.05) is 12.1 Å². The Balaban J connectivity index is 1.98. The van der Waals surface area contributed by atoms with Crippen LogP contribution in [0.2, 0.25) is 5.02 Å². The minimum atomic E-state index is -1.09. The van der Waals surface area contributed by atoms with E-state index in [0.29, 0.717) is 11.4 Å². The Kier molecular flexibility index (Phi) is 3.58. The van der Waals surface area contributed by atoms with E-state index in [-0.39, 0.29) is 16.3 Å². The molecule has 1 aromatic heterocycles. The smallest absolute Gasteiger partial charge is 0.255 e. The van der Waals surface area contributed by atoms with Crippen LogP contribution in [0.3, 0.4) is 0 Å². The molecule has 1 unspecified atom stereocenters. The first kappa shape index (κ1) is 14.5. The zero-order chi connectivity index (χ0) is 15.9. The number of pyridine rings is 1. The van der Waals surface area contributed by atoms with Gasteiger partial charge < -0.3 is 15.4 Å². The summed E-state index contributed by atoms with van der Waals surface area (Å²) in [4.78, 5) is 16.1. The molecular formula is C14H10ClF2N3O2. The molecule has 2 aromatic rings. The fourth-order valence-corrected chi connectivity index (χ4v) is 2.41. The van der Waals surface area contributed by atoms with Crippen molar-refractivity contribution in [2.45, 2.75) is 6.17 Å². The normalized spacial score (nSPS) is 16.5.